The molecule has 3 rings (SSSR count). The molecule has 0 fully saturated rings. The van der Waals surface area contributed by atoms with Gasteiger partial charge in [-0.25, -0.2) is 23.1 Å². The van der Waals surface area contributed by atoms with Crippen molar-refractivity contribution in [1.29, 1.82) is 0 Å². The second kappa shape index (κ2) is 7.27. The van der Waals surface area contributed by atoms with Gasteiger partial charge in [0.25, 0.3) is 6.43 Å². The maximum absolute atomic E-state index is 14.4. The van der Waals surface area contributed by atoms with Crippen LogP contribution in [0.25, 0.3) is 0 Å². The van der Waals surface area contributed by atoms with E-state index in [1.54, 1.807) is 0 Å². The van der Waals surface area contributed by atoms with Crippen molar-refractivity contribution in [2.24, 2.45) is 10.7 Å². The number of aliphatic imine (C=N–C) groups is 1. The Labute approximate surface area is 152 Å². The number of ether oxygens (including phenoxy) is 2. The molecule has 0 radical (unpaired) electrons. The third kappa shape index (κ3) is 3.45. The van der Waals surface area contributed by atoms with Crippen LogP contribution in [-0.4, -0.2) is 42.6 Å². The molecule has 2 heterocycles. The number of nitrogens with zero attached hydrogens (tertiary/aromatic N) is 3. The number of alkyl halides is 2. The van der Waals surface area contributed by atoms with E-state index in [1.807, 2.05) is 0 Å². The molecule has 0 saturated heterocycles. The molecule has 11 heteroatoms. The fourth-order valence-electron chi connectivity index (χ4n) is 2.75. The fourth-order valence-corrected chi connectivity index (χ4v) is 2.75. The van der Waals surface area contributed by atoms with Gasteiger partial charge >= 0.3 is 0 Å². The summed E-state index contributed by atoms with van der Waals surface area (Å²) < 4.78 is 52.4. The number of methoxy groups -OCH3 is 1. The number of hydrogen-bond acceptors (Lipinski definition) is 8. The maximum atomic E-state index is 14.4. The van der Waals surface area contributed by atoms with E-state index in [2.05, 4.69) is 20.3 Å². The molecule has 0 saturated carbocycles. The summed E-state index contributed by atoms with van der Waals surface area (Å²) in [7, 11) is 1.37. The number of aromatic nitrogens is 2. The quantitative estimate of drug-likeness (QED) is 0.721. The number of nitrogens with two attached hydrogens (primary N) is 2. The van der Waals surface area contributed by atoms with Crippen LogP contribution in [-0.2, 0) is 10.3 Å². The van der Waals surface area contributed by atoms with Gasteiger partial charge in [0.1, 0.15) is 24.6 Å². The largest absolute Gasteiger partial charge is 0.490 e. The van der Waals surface area contributed by atoms with Crippen molar-refractivity contribution in [3.8, 4) is 5.75 Å². The molecule has 1 aliphatic heterocycles. The molecular weight excluding hydrogens is 365 g/mol. The predicted molar refractivity (Wildman–Crippen MR) is 92.8 cm³/mol. The molecular formula is C16H17F3N6O2. The van der Waals surface area contributed by atoms with E-state index >= 15 is 0 Å². The lowest BCUT2D eigenvalue weighted by atomic mass is 9.90. The van der Waals surface area contributed by atoms with E-state index in [4.69, 9.17) is 20.9 Å². The fraction of sp³-hybridized carbons (Fsp3) is 0.312. The molecule has 0 bridgehead atoms. The Balaban J connectivity index is 2.05. The summed E-state index contributed by atoms with van der Waals surface area (Å²) in [5.41, 5.74) is 8.94. The zero-order chi connectivity index (χ0) is 19.6. The topological polar surface area (TPSA) is 121 Å². The molecule has 2 aromatic rings. The van der Waals surface area contributed by atoms with Gasteiger partial charge in [0.15, 0.2) is 17.2 Å². The number of amidine groups is 1. The normalized spacial score (nSPS) is 19.7. The van der Waals surface area contributed by atoms with Gasteiger partial charge in [-0.3, -0.25) is 4.99 Å². The number of benzene rings is 1. The number of nitrogens with one attached hydrogen (secondary N) is 1. The first-order valence-electron chi connectivity index (χ1n) is 7.79. The lowest BCUT2D eigenvalue weighted by Crippen LogP contribution is -2.45. The van der Waals surface area contributed by atoms with Crippen LogP contribution in [0.1, 0.15) is 5.56 Å². The van der Waals surface area contributed by atoms with Gasteiger partial charge in [0, 0.05) is 11.3 Å². The Bertz CT molecular complexity index is 879. The van der Waals surface area contributed by atoms with Crippen LogP contribution in [0.4, 0.5) is 30.5 Å². The predicted octanol–water partition coefficient (Wildman–Crippen LogP) is 1.80. The number of anilines is 3. The lowest BCUT2D eigenvalue weighted by molar-refractivity contribution is -0.0145. The Morgan fingerprint density at radius 3 is 2.74 bits per heavy atom. The van der Waals surface area contributed by atoms with Crippen molar-refractivity contribution in [3.05, 3.63) is 35.9 Å². The number of hydrogen-bond donors (Lipinski definition) is 3. The molecule has 27 heavy (non-hydrogen) atoms. The summed E-state index contributed by atoms with van der Waals surface area (Å²) >= 11 is 0. The SMILES string of the molecule is COc1c(N)ncnc1Nc1ccc(F)c([C@@]2(C(F)F)COCC(N)=N2)c1. The van der Waals surface area contributed by atoms with E-state index in [1.165, 1.54) is 25.6 Å². The molecule has 0 aliphatic carbocycles. The summed E-state index contributed by atoms with van der Waals surface area (Å²) in [6, 6.07) is 3.59. The van der Waals surface area contributed by atoms with Crippen LogP contribution in [0.5, 0.6) is 5.75 Å². The zero-order valence-electron chi connectivity index (χ0n) is 14.2. The Morgan fingerprint density at radius 2 is 2.07 bits per heavy atom. The molecule has 8 nitrogen and oxygen atoms in total. The minimum Gasteiger partial charge on any atom is -0.490 e. The zero-order valence-corrected chi connectivity index (χ0v) is 14.2. The van der Waals surface area contributed by atoms with Crippen LogP contribution < -0.4 is 21.5 Å². The number of halogens is 3. The standard InChI is InChI=1S/C16H17F3N6O2/c1-26-12-13(21)22-7-23-14(12)24-8-2-3-10(17)9(4-8)16(15(18)19)6-27-5-11(20)25-16/h2-4,7,15H,5-6H2,1H3,(H2,20,25)(H3,21,22,23,24)/t16-/m1/s1. The van der Waals surface area contributed by atoms with Gasteiger partial charge in [-0.15, -0.1) is 0 Å². The number of nitrogen functional groups attached to an aromatic ring is 1. The van der Waals surface area contributed by atoms with Gasteiger partial charge in [-0.1, -0.05) is 0 Å². The molecule has 1 aromatic heterocycles. The third-order valence-electron chi connectivity index (χ3n) is 4.01. The first-order chi connectivity index (χ1) is 12.9. The van der Waals surface area contributed by atoms with Gasteiger partial charge in [-0.05, 0) is 18.2 Å². The van der Waals surface area contributed by atoms with Gasteiger partial charge in [0.05, 0.1) is 13.7 Å². The molecule has 0 unspecified atom stereocenters. The smallest absolute Gasteiger partial charge is 0.269 e. The van der Waals surface area contributed by atoms with Crippen LogP contribution in [0.15, 0.2) is 29.5 Å². The summed E-state index contributed by atoms with van der Waals surface area (Å²) in [6.07, 6.45) is -1.84. The molecule has 1 aliphatic rings. The second-order valence-corrected chi connectivity index (χ2v) is 5.78. The molecule has 5 N–H and O–H groups in total. The Kier molecular flexibility index (Phi) is 5.04. The van der Waals surface area contributed by atoms with E-state index in [0.29, 0.717) is 0 Å². The van der Waals surface area contributed by atoms with Gasteiger partial charge in [0.2, 0.25) is 5.75 Å². The van der Waals surface area contributed by atoms with Gasteiger partial charge < -0.3 is 26.3 Å². The summed E-state index contributed by atoms with van der Waals surface area (Å²) in [5.74, 6) is -0.562. The maximum Gasteiger partial charge on any atom is 0.269 e. The summed E-state index contributed by atoms with van der Waals surface area (Å²) in [4.78, 5) is 11.6. The van der Waals surface area contributed by atoms with E-state index in [0.717, 1.165) is 6.07 Å². The molecule has 1 aromatic carbocycles. The van der Waals surface area contributed by atoms with E-state index < -0.39 is 24.4 Å². The van der Waals surface area contributed by atoms with Crippen molar-refractivity contribution in [2.45, 2.75) is 12.0 Å². The van der Waals surface area contributed by atoms with Crippen LogP contribution >= 0.6 is 0 Å². The monoisotopic (exact) mass is 382 g/mol. The molecule has 144 valence electrons. The highest BCUT2D eigenvalue weighted by Crippen LogP contribution is 2.38. The minimum atomic E-state index is -3.04. The van der Waals surface area contributed by atoms with Crippen LogP contribution in [0, 0.1) is 5.82 Å². The van der Waals surface area contributed by atoms with Crippen LogP contribution in [0.2, 0.25) is 0 Å². The van der Waals surface area contributed by atoms with Crippen molar-refractivity contribution in [3.63, 3.8) is 0 Å². The van der Waals surface area contributed by atoms with Crippen molar-refractivity contribution < 1.29 is 22.6 Å². The third-order valence-corrected chi connectivity index (χ3v) is 4.01. The molecule has 1 atom stereocenters. The first kappa shape index (κ1) is 18.7. The van der Waals surface area contributed by atoms with Crippen LogP contribution in [0.3, 0.4) is 0 Å². The average Bonchev–Trinajstić information content (AvgIpc) is 2.63. The highest BCUT2D eigenvalue weighted by Gasteiger charge is 2.46. The molecule has 0 amide bonds. The van der Waals surface area contributed by atoms with E-state index in [-0.39, 0.29) is 41.1 Å². The lowest BCUT2D eigenvalue weighted by Gasteiger charge is -2.33. The molecule has 0 spiro atoms. The minimum absolute atomic E-state index is 0.0828. The summed E-state index contributed by atoms with van der Waals surface area (Å²) in [6.45, 7) is -0.596. The van der Waals surface area contributed by atoms with Crippen molar-refractivity contribution in [1.82, 2.24) is 9.97 Å². The van der Waals surface area contributed by atoms with Gasteiger partial charge in [-0.2, -0.15) is 0 Å². The Morgan fingerprint density at radius 1 is 1.30 bits per heavy atom. The highest BCUT2D eigenvalue weighted by atomic mass is 19.3. The van der Waals surface area contributed by atoms with E-state index in [9.17, 15) is 13.2 Å². The second-order valence-electron chi connectivity index (χ2n) is 5.78. The van der Waals surface area contributed by atoms with Crippen molar-refractivity contribution in [2.75, 3.05) is 31.4 Å². The van der Waals surface area contributed by atoms with Crippen molar-refractivity contribution >= 4 is 23.2 Å². The average molecular weight is 382 g/mol. The Hall–Kier alpha value is -3.08. The first-order valence-corrected chi connectivity index (χ1v) is 7.79. The summed E-state index contributed by atoms with van der Waals surface area (Å²) in [5, 5.41) is 2.85. The highest BCUT2D eigenvalue weighted by molar-refractivity contribution is 5.83. The number of rotatable bonds is 5.